The van der Waals surface area contributed by atoms with Gasteiger partial charge in [-0.2, -0.15) is 0 Å². The summed E-state index contributed by atoms with van der Waals surface area (Å²) in [7, 11) is 5.17. The first-order valence-corrected chi connectivity index (χ1v) is 10.1. The maximum absolute atomic E-state index is 13.0. The highest BCUT2D eigenvalue weighted by atomic mass is 16.6. The average molecular weight is 438 g/mol. The van der Waals surface area contributed by atoms with Crippen molar-refractivity contribution in [2.45, 2.75) is 13.0 Å². The standard InChI is InChI=1S/C24H26N2O6/c1-15(27)32-19-14-17(10-11-18(19)31-4)21-20(22(28)16-8-6-5-7-9-16)23(29)24(30)26(21)13-12-25(2)3/h5-11,14,21,28H,12-13H2,1-4H3/b22-20-. The van der Waals surface area contributed by atoms with E-state index in [1.54, 1.807) is 48.5 Å². The normalized spacial score (nSPS) is 17.7. The first-order valence-electron chi connectivity index (χ1n) is 10.1. The number of hydrogen-bond acceptors (Lipinski definition) is 7. The molecule has 0 aromatic heterocycles. The van der Waals surface area contributed by atoms with E-state index >= 15 is 0 Å². The van der Waals surface area contributed by atoms with Crippen LogP contribution in [0.2, 0.25) is 0 Å². The number of esters is 1. The van der Waals surface area contributed by atoms with Gasteiger partial charge in [-0.3, -0.25) is 14.4 Å². The van der Waals surface area contributed by atoms with Crippen LogP contribution in [0.1, 0.15) is 24.1 Å². The monoisotopic (exact) mass is 438 g/mol. The maximum Gasteiger partial charge on any atom is 0.308 e. The fourth-order valence-electron chi connectivity index (χ4n) is 3.61. The third-order valence-corrected chi connectivity index (χ3v) is 5.13. The molecule has 0 bridgehead atoms. The number of ether oxygens (including phenoxy) is 2. The van der Waals surface area contributed by atoms with Crippen molar-refractivity contribution in [1.82, 2.24) is 9.80 Å². The molecule has 168 valence electrons. The summed E-state index contributed by atoms with van der Waals surface area (Å²) in [5.41, 5.74) is 0.924. The Bertz CT molecular complexity index is 1060. The molecule has 8 nitrogen and oxygen atoms in total. The number of hydrogen-bond donors (Lipinski definition) is 1. The van der Waals surface area contributed by atoms with Crippen LogP contribution in [0.5, 0.6) is 11.5 Å². The number of Topliss-reactive ketones (excluding diaryl/α,β-unsaturated/α-hetero) is 1. The number of aliphatic hydroxyl groups is 1. The predicted molar refractivity (Wildman–Crippen MR) is 118 cm³/mol. The van der Waals surface area contributed by atoms with Gasteiger partial charge in [0.25, 0.3) is 11.7 Å². The van der Waals surface area contributed by atoms with Crippen molar-refractivity contribution in [2.75, 3.05) is 34.3 Å². The minimum Gasteiger partial charge on any atom is -0.507 e. The van der Waals surface area contributed by atoms with E-state index in [4.69, 9.17) is 9.47 Å². The smallest absolute Gasteiger partial charge is 0.308 e. The van der Waals surface area contributed by atoms with Gasteiger partial charge in [0.15, 0.2) is 11.5 Å². The van der Waals surface area contributed by atoms with Gasteiger partial charge >= 0.3 is 5.97 Å². The first kappa shape index (κ1) is 23.0. The fraction of sp³-hybridized carbons (Fsp3) is 0.292. The quantitative estimate of drug-likeness (QED) is 0.233. The predicted octanol–water partition coefficient (Wildman–Crippen LogP) is 2.60. The van der Waals surface area contributed by atoms with Crippen LogP contribution in [-0.2, 0) is 14.4 Å². The Kier molecular flexibility index (Phi) is 6.95. The number of benzene rings is 2. The van der Waals surface area contributed by atoms with Gasteiger partial charge in [0.05, 0.1) is 18.7 Å². The zero-order valence-electron chi connectivity index (χ0n) is 18.5. The van der Waals surface area contributed by atoms with Crippen LogP contribution in [0.15, 0.2) is 54.1 Å². The largest absolute Gasteiger partial charge is 0.507 e. The molecule has 2 aromatic rings. The van der Waals surface area contributed by atoms with E-state index in [0.717, 1.165) is 0 Å². The molecule has 3 rings (SSSR count). The fourth-order valence-corrected chi connectivity index (χ4v) is 3.61. The highest BCUT2D eigenvalue weighted by molar-refractivity contribution is 6.46. The highest BCUT2D eigenvalue weighted by Gasteiger charge is 2.46. The Morgan fingerprint density at radius 1 is 1.09 bits per heavy atom. The van der Waals surface area contributed by atoms with Crippen molar-refractivity contribution in [3.8, 4) is 11.5 Å². The molecule has 1 aliphatic heterocycles. The van der Waals surface area contributed by atoms with E-state index < -0.39 is 23.7 Å². The molecule has 1 heterocycles. The summed E-state index contributed by atoms with van der Waals surface area (Å²) in [5.74, 6) is -1.76. The van der Waals surface area contributed by atoms with Crippen LogP contribution in [-0.4, -0.2) is 66.9 Å². The van der Waals surface area contributed by atoms with Crippen molar-refractivity contribution < 1.29 is 29.0 Å². The second-order valence-corrected chi connectivity index (χ2v) is 7.67. The number of amides is 1. The molecule has 1 atom stereocenters. The average Bonchev–Trinajstić information content (AvgIpc) is 3.02. The number of methoxy groups -OCH3 is 1. The van der Waals surface area contributed by atoms with Crippen molar-refractivity contribution in [3.05, 3.63) is 65.2 Å². The number of likely N-dealkylation sites (N-methyl/N-ethyl adjacent to an activating group) is 1. The molecular weight excluding hydrogens is 412 g/mol. The van der Waals surface area contributed by atoms with E-state index in [2.05, 4.69) is 0 Å². The molecule has 1 aliphatic rings. The summed E-state index contributed by atoms with van der Waals surface area (Å²) < 4.78 is 10.5. The second-order valence-electron chi connectivity index (χ2n) is 7.67. The molecular formula is C24H26N2O6. The number of rotatable bonds is 7. The Morgan fingerprint density at radius 2 is 1.78 bits per heavy atom. The summed E-state index contributed by atoms with van der Waals surface area (Å²) in [6, 6.07) is 12.6. The second kappa shape index (κ2) is 9.65. The molecule has 1 N–H and O–H groups in total. The molecule has 8 heteroatoms. The van der Waals surface area contributed by atoms with Crippen molar-refractivity contribution in [1.29, 1.82) is 0 Å². The molecule has 1 amide bonds. The molecule has 1 saturated heterocycles. The maximum atomic E-state index is 13.0. The van der Waals surface area contributed by atoms with Crippen LogP contribution in [0.3, 0.4) is 0 Å². The van der Waals surface area contributed by atoms with Gasteiger partial charge < -0.3 is 24.4 Å². The third kappa shape index (κ3) is 4.65. The Labute approximate surface area is 186 Å². The lowest BCUT2D eigenvalue weighted by Gasteiger charge is -2.27. The van der Waals surface area contributed by atoms with Gasteiger partial charge in [0.2, 0.25) is 0 Å². The minimum atomic E-state index is -0.852. The Hall–Kier alpha value is -3.65. The van der Waals surface area contributed by atoms with Crippen LogP contribution in [0.25, 0.3) is 5.76 Å². The summed E-state index contributed by atoms with van der Waals surface area (Å²) in [6.07, 6.45) is 0. The molecule has 1 fully saturated rings. The van der Waals surface area contributed by atoms with Gasteiger partial charge in [-0.15, -0.1) is 0 Å². The lowest BCUT2D eigenvalue weighted by atomic mass is 9.95. The molecule has 1 unspecified atom stereocenters. The zero-order chi connectivity index (χ0) is 23.4. The van der Waals surface area contributed by atoms with E-state index in [9.17, 15) is 19.5 Å². The molecule has 0 radical (unpaired) electrons. The minimum absolute atomic E-state index is 0.0149. The van der Waals surface area contributed by atoms with Crippen molar-refractivity contribution >= 4 is 23.4 Å². The van der Waals surface area contributed by atoms with Gasteiger partial charge in [0.1, 0.15) is 5.76 Å². The number of ketones is 1. The van der Waals surface area contributed by atoms with Crippen molar-refractivity contribution in [3.63, 3.8) is 0 Å². The van der Waals surface area contributed by atoms with Gasteiger partial charge in [-0.1, -0.05) is 36.4 Å². The van der Waals surface area contributed by atoms with E-state index in [0.29, 0.717) is 23.4 Å². The van der Waals surface area contributed by atoms with E-state index in [1.807, 2.05) is 19.0 Å². The molecule has 2 aromatic carbocycles. The number of carbonyl (C=O) groups excluding carboxylic acids is 3. The number of likely N-dealkylation sites (tertiary alicyclic amines) is 1. The molecule has 0 spiro atoms. The van der Waals surface area contributed by atoms with Crippen LogP contribution >= 0.6 is 0 Å². The van der Waals surface area contributed by atoms with Crippen molar-refractivity contribution in [2.24, 2.45) is 0 Å². The zero-order valence-corrected chi connectivity index (χ0v) is 18.5. The Morgan fingerprint density at radius 3 is 2.38 bits per heavy atom. The molecule has 0 saturated carbocycles. The summed E-state index contributed by atoms with van der Waals surface area (Å²) in [4.78, 5) is 40.8. The van der Waals surface area contributed by atoms with Crippen LogP contribution in [0.4, 0.5) is 0 Å². The SMILES string of the molecule is COc1ccc(C2/C(=C(/O)c3ccccc3)C(=O)C(=O)N2CCN(C)C)cc1OC(C)=O. The molecule has 0 aliphatic carbocycles. The van der Waals surface area contributed by atoms with E-state index in [-0.39, 0.29) is 23.6 Å². The van der Waals surface area contributed by atoms with Gasteiger partial charge in [-0.25, -0.2) is 0 Å². The lowest BCUT2D eigenvalue weighted by Crippen LogP contribution is -2.35. The van der Waals surface area contributed by atoms with E-state index in [1.165, 1.54) is 18.9 Å². The lowest BCUT2D eigenvalue weighted by molar-refractivity contribution is -0.140. The molecule has 32 heavy (non-hydrogen) atoms. The summed E-state index contributed by atoms with van der Waals surface area (Å²) >= 11 is 0. The number of carbonyl (C=O) groups is 3. The third-order valence-electron chi connectivity index (χ3n) is 5.13. The highest BCUT2D eigenvalue weighted by Crippen LogP contribution is 2.41. The van der Waals surface area contributed by atoms with Gasteiger partial charge in [-0.05, 0) is 31.8 Å². The van der Waals surface area contributed by atoms with Crippen LogP contribution in [0, 0.1) is 0 Å². The summed E-state index contributed by atoms with van der Waals surface area (Å²) in [6.45, 7) is 2.05. The number of aliphatic hydroxyl groups excluding tert-OH is 1. The van der Waals surface area contributed by atoms with Crippen LogP contribution < -0.4 is 9.47 Å². The topological polar surface area (TPSA) is 96.4 Å². The van der Waals surface area contributed by atoms with Gasteiger partial charge in [0, 0.05) is 25.6 Å². The summed E-state index contributed by atoms with van der Waals surface area (Å²) in [5, 5.41) is 11.0. The first-order chi connectivity index (χ1) is 15.2. The Balaban J connectivity index is 2.18. The number of nitrogens with zero attached hydrogens (tertiary/aromatic N) is 2.